The molecule has 0 N–H and O–H groups in total. The van der Waals surface area contributed by atoms with Crippen molar-refractivity contribution in [2.24, 2.45) is 63.0 Å². The molecule has 6 rings (SSSR count). The lowest BCUT2D eigenvalue weighted by Gasteiger charge is -2.57. The molecule has 0 radical (unpaired) electrons. The van der Waals surface area contributed by atoms with Crippen LogP contribution in [0.25, 0.3) is 0 Å². The van der Waals surface area contributed by atoms with E-state index < -0.39 is 0 Å². The highest BCUT2D eigenvalue weighted by atomic mass is 16.5. The minimum atomic E-state index is -0.229. The monoisotopic (exact) mass is 594 g/mol. The van der Waals surface area contributed by atoms with Crippen LogP contribution in [0.15, 0.2) is 76.5 Å². The molecule has 0 saturated heterocycles. The van der Waals surface area contributed by atoms with Crippen molar-refractivity contribution in [3.8, 4) is 0 Å². The van der Waals surface area contributed by atoms with E-state index in [1.807, 2.05) is 42.5 Å². The average molecular weight is 595 g/mol. The number of carbonyl (C=O) groups is 1. The maximum absolute atomic E-state index is 13.1. The van der Waals surface area contributed by atoms with Crippen LogP contribution in [0.5, 0.6) is 0 Å². The number of hydrogen-bond donors (Lipinski definition) is 0. The minimum Gasteiger partial charge on any atom is -0.458 e. The second kappa shape index (κ2) is 13.3. The van der Waals surface area contributed by atoms with E-state index in [4.69, 9.17) is 4.74 Å². The molecule has 4 aliphatic rings. The standard InChI is InChI=1S/C40H54N2O2/c1-26(2)10-9-11-27(3)34-20-21-36-35-19-16-30-25-33(22-23-40(30,5)37(35)24-28(4)38(34)36)44-39(43)29-14-17-32(18-15-29)42-41-31-12-7-6-8-13-31/h6-8,12-18,26-28,33-38H,9-11,19-25H2,1-5H3. The summed E-state index contributed by atoms with van der Waals surface area (Å²) >= 11 is 0. The SMILES string of the molecule is CC(C)CCCC(C)C1CCC2C3CC=C4CC(OC(=O)c5ccc(N=Nc6ccccc6)cc5)CCC4(C)C3CC(C)C12. The fraction of sp³-hybridized carbons (Fsp3) is 0.625. The highest BCUT2D eigenvalue weighted by molar-refractivity contribution is 5.89. The third kappa shape index (κ3) is 6.46. The normalized spacial score (nSPS) is 33.8. The van der Waals surface area contributed by atoms with Gasteiger partial charge in [0, 0.05) is 6.42 Å². The lowest BCUT2D eigenvalue weighted by molar-refractivity contribution is -0.0446. The lowest BCUT2D eigenvalue weighted by Crippen LogP contribution is -2.50. The van der Waals surface area contributed by atoms with Crippen LogP contribution in [-0.2, 0) is 4.74 Å². The number of hydrogen-bond acceptors (Lipinski definition) is 4. The lowest BCUT2D eigenvalue weighted by atomic mass is 9.48. The highest BCUT2D eigenvalue weighted by Crippen LogP contribution is 2.64. The van der Waals surface area contributed by atoms with Crippen LogP contribution in [0.1, 0.15) is 109 Å². The van der Waals surface area contributed by atoms with E-state index in [-0.39, 0.29) is 17.5 Å². The van der Waals surface area contributed by atoms with Gasteiger partial charge in [-0.1, -0.05) is 83.7 Å². The van der Waals surface area contributed by atoms with E-state index in [9.17, 15) is 4.79 Å². The third-order valence-corrected chi connectivity index (χ3v) is 12.4. The topological polar surface area (TPSA) is 51.0 Å². The summed E-state index contributed by atoms with van der Waals surface area (Å²) in [5, 5.41) is 8.57. The first-order chi connectivity index (χ1) is 21.2. The zero-order valence-electron chi connectivity index (χ0n) is 27.8. The minimum absolute atomic E-state index is 0.0351. The maximum atomic E-state index is 13.1. The molecular weight excluding hydrogens is 540 g/mol. The summed E-state index contributed by atoms with van der Waals surface area (Å²) in [6, 6.07) is 16.9. The van der Waals surface area contributed by atoms with Crippen molar-refractivity contribution in [2.45, 2.75) is 105 Å². The summed E-state index contributed by atoms with van der Waals surface area (Å²) in [7, 11) is 0. The van der Waals surface area contributed by atoms with Crippen molar-refractivity contribution in [3.63, 3.8) is 0 Å². The van der Waals surface area contributed by atoms with Crippen LogP contribution in [0.2, 0.25) is 0 Å². The Balaban J connectivity index is 1.07. The molecule has 3 fully saturated rings. The van der Waals surface area contributed by atoms with E-state index in [0.29, 0.717) is 5.56 Å². The van der Waals surface area contributed by atoms with Gasteiger partial charge in [-0.15, -0.1) is 0 Å². The first-order valence-electron chi connectivity index (χ1n) is 17.7. The fourth-order valence-electron chi connectivity index (χ4n) is 10.1. The van der Waals surface area contributed by atoms with Crippen LogP contribution in [0.3, 0.4) is 0 Å². The van der Waals surface area contributed by atoms with E-state index in [2.05, 4.69) is 50.9 Å². The van der Waals surface area contributed by atoms with Gasteiger partial charge in [-0.25, -0.2) is 4.79 Å². The predicted molar refractivity (Wildman–Crippen MR) is 179 cm³/mol. The highest BCUT2D eigenvalue weighted by Gasteiger charge is 2.56. The molecule has 9 atom stereocenters. The number of carbonyl (C=O) groups excluding carboxylic acids is 1. The van der Waals surface area contributed by atoms with Gasteiger partial charge < -0.3 is 4.74 Å². The molecule has 9 unspecified atom stereocenters. The first kappa shape index (κ1) is 31.2. The molecule has 3 saturated carbocycles. The summed E-state index contributed by atoms with van der Waals surface area (Å²) in [5.41, 5.74) is 3.94. The number of esters is 1. The number of allylic oxidation sites excluding steroid dienone is 1. The molecule has 236 valence electrons. The summed E-state index contributed by atoms with van der Waals surface area (Å²) in [4.78, 5) is 13.1. The largest absolute Gasteiger partial charge is 0.458 e. The van der Waals surface area contributed by atoms with E-state index in [0.717, 1.165) is 78.0 Å². The van der Waals surface area contributed by atoms with Gasteiger partial charge in [0.2, 0.25) is 0 Å². The third-order valence-electron chi connectivity index (χ3n) is 12.4. The molecule has 0 heterocycles. The van der Waals surface area contributed by atoms with Crippen molar-refractivity contribution in [1.82, 2.24) is 0 Å². The van der Waals surface area contributed by atoms with Crippen LogP contribution in [-0.4, -0.2) is 12.1 Å². The van der Waals surface area contributed by atoms with Gasteiger partial charge in [-0.2, -0.15) is 10.2 Å². The average Bonchev–Trinajstić information content (AvgIpc) is 3.48. The predicted octanol–water partition coefficient (Wildman–Crippen LogP) is 11.5. The van der Waals surface area contributed by atoms with Gasteiger partial charge in [-0.05, 0) is 128 Å². The van der Waals surface area contributed by atoms with Gasteiger partial charge in [-0.3, -0.25) is 0 Å². The smallest absolute Gasteiger partial charge is 0.338 e. The summed E-state index contributed by atoms with van der Waals surface area (Å²) in [6.45, 7) is 12.5. The van der Waals surface area contributed by atoms with Crippen LogP contribution in [0, 0.1) is 52.8 Å². The first-order valence-corrected chi connectivity index (χ1v) is 17.7. The van der Waals surface area contributed by atoms with Gasteiger partial charge in [0.1, 0.15) is 6.10 Å². The van der Waals surface area contributed by atoms with Crippen molar-refractivity contribution >= 4 is 17.3 Å². The number of fused-ring (bicyclic) bond motifs is 5. The molecule has 2 aromatic rings. The van der Waals surface area contributed by atoms with Gasteiger partial charge in [0.15, 0.2) is 0 Å². The number of azo groups is 1. The summed E-state index contributed by atoms with van der Waals surface area (Å²) in [5.74, 6) is 6.67. The Morgan fingerprint density at radius 1 is 0.932 bits per heavy atom. The van der Waals surface area contributed by atoms with E-state index in [1.165, 1.54) is 44.9 Å². The second-order valence-electron chi connectivity index (χ2n) is 15.5. The molecule has 0 amide bonds. The molecule has 0 aromatic heterocycles. The van der Waals surface area contributed by atoms with Crippen molar-refractivity contribution in [2.75, 3.05) is 0 Å². The van der Waals surface area contributed by atoms with Gasteiger partial charge in [0.05, 0.1) is 16.9 Å². The number of rotatable bonds is 9. The zero-order chi connectivity index (χ0) is 30.8. The molecule has 2 aromatic carbocycles. The quantitative estimate of drug-likeness (QED) is 0.165. The molecule has 0 aliphatic heterocycles. The molecular formula is C40H54N2O2. The Bertz CT molecular complexity index is 1330. The Kier molecular flexibility index (Phi) is 9.45. The van der Waals surface area contributed by atoms with Gasteiger partial charge >= 0.3 is 5.97 Å². The Hall–Kier alpha value is -2.75. The molecule has 44 heavy (non-hydrogen) atoms. The van der Waals surface area contributed by atoms with Crippen molar-refractivity contribution in [3.05, 3.63) is 71.8 Å². The zero-order valence-corrected chi connectivity index (χ0v) is 27.8. The van der Waals surface area contributed by atoms with Crippen LogP contribution in [0.4, 0.5) is 11.4 Å². The summed E-state index contributed by atoms with van der Waals surface area (Å²) < 4.78 is 6.12. The molecule has 4 nitrogen and oxygen atoms in total. The Morgan fingerprint density at radius 2 is 1.66 bits per heavy atom. The fourth-order valence-corrected chi connectivity index (χ4v) is 10.1. The maximum Gasteiger partial charge on any atom is 0.338 e. The van der Waals surface area contributed by atoms with Crippen LogP contribution >= 0.6 is 0 Å². The van der Waals surface area contributed by atoms with E-state index >= 15 is 0 Å². The Labute approximate surface area is 266 Å². The number of ether oxygens (including phenoxy) is 1. The van der Waals surface area contributed by atoms with Crippen molar-refractivity contribution < 1.29 is 9.53 Å². The second-order valence-corrected chi connectivity index (χ2v) is 15.5. The van der Waals surface area contributed by atoms with Crippen molar-refractivity contribution in [1.29, 1.82) is 0 Å². The number of nitrogens with zero attached hydrogens (tertiary/aromatic N) is 2. The van der Waals surface area contributed by atoms with Gasteiger partial charge in [0.25, 0.3) is 0 Å². The van der Waals surface area contributed by atoms with Crippen LogP contribution < -0.4 is 0 Å². The molecule has 4 heteroatoms. The molecule has 0 spiro atoms. The molecule has 0 bridgehead atoms. The Morgan fingerprint density at radius 3 is 2.39 bits per heavy atom. The molecule has 4 aliphatic carbocycles. The van der Waals surface area contributed by atoms with E-state index in [1.54, 1.807) is 17.7 Å². The number of benzene rings is 2. The summed E-state index contributed by atoms with van der Waals surface area (Å²) in [6.07, 6.45) is 15.3.